The molecular weight excluding hydrogens is 1390 g/mol. The van der Waals surface area contributed by atoms with Gasteiger partial charge in [0.1, 0.15) is 16.9 Å². The van der Waals surface area contributed by atoms with E-state index >= 15 is 0 Å². The summed E-state index contributed by atoms with van der Waals surface area (Å²) in [5.74, 6) is 1.77. The summed E-state index contributed by atoms with van der Waals surface area (Å²) in [6, 6.07) is 8.91. The molecule has 4 rings (SSSR count). The lowest BCUT2D eigenvalue weighted by atomic mass is 10.1. The van der Waals surface area contributed by atoms with Crippen LogP contribution in [0.4, 0.5) is 5.82 Å². The molecule has 0 atom stereocenters. The summed E-state index contributed by atoms with van der Waals surface area (Å²) >= 11 is 0. The third-order valence-corrected chi connectivity index (χ3v) is 15.2. The maximum Gasteiger partial charge on any atom is 0.260 e. The molecule has 106 heavy (non-hydrogen) atoms. The van der Waals surface area contributed by atoms with Gasteiger partial charge in [0, 0.05) is 63.7 Å². The third-order valence-electron chi connectivity index (χ3n) is 15.2. The minimum atomic E-state index is -0.0514. The van der Waals surface area contributed by atoms with E-state index in [0.717, 1.165) is 69.9 Å². The first-order valence-corrected chi connectivity index (χ1v) is 38.0. The lowest BCUT2D eigenvalue weighted by Crippen LogP contribution is -2.46. The van der Waals surface area contributed by atoms with Crippen LogP contribution in [0.25, 0.3) is 21.5 Å². The molecule has 1 fully saturated rings. The topological polar surface area (TPSA) is 346 Å². The third kappa shape index (κ3) is 53.5. The van der Waals surface area contributed by atoms with Gasteiger partial charge >= 0.3 is 0 Å². The molecule has 2 aromatic heterocycles. The van der Waals surface area contributed by atoms with Gasteiger partial charge in [-0.05, 0) is 36.9 Å². The second-order valence-corrected chi connectivity index (χ2v) is 23.9. The number of benzene rings is 1. The number of ether oxygens (including phenoxy) is 24. The molecule has 3 heterocycles. The minimum absolute atomic E-state index is 0.0514. The number of aromatic nitrogens is 4. The first-order chi connectivity index (χ1) is 52.5. The van der Waals surface area contributed by atoms with Gasteiger partial charge in [-0.1, -0.05) is 42.7 Å². The highest BCUT2D eigenvalue weighted by atomic mass is 16.6. The fraction of sp³-hybridized carbons (Fsp3) is 0.847. The Balaban J connectivity index is 0.735. The standard InChI is InChI=1S/C72H130N10O24/c1-4-5-6-68-76-69-70(72(106-65(2)3)78-77-71(69)73)82(68)64-67-9-7-66(8-10-67)63-81-14-12-80(13-15-81)16-18-84-20-22-86-24-26-88-28-30-90-32-34-92-36-38-94-40-42-96-44-46-98-48-50-100-52-54-102-56-58-104-60-62-105-61-59-103-57-55-101-53-51-99-49-47-97-45-43-95-41-39-93-37-35-91-33-31-89-29-27-87-25-23-85-21-19-83-17-11-75-79-74/h7-10,65H,4-6,11-64H2,1-3H3,(H2,73,77). The van der Waals surface area contributed by atoms with Crippen molar-refractivity contribution in [2.75, 3.05) is 349 Å². The monoisotopic (exact) mass is 1520 g/mol. The van der Waals surface area contributed by atoms with Gasteiger partial charge in [-0.15, -0.1) is 10.2 Å². The highest BCUT2D eigenvalue weighted by Crippen LogP contribution is 2.30. The maximum absolute atomic E-state index is 8.18. The van der Waals surface area contributed by atoms with Gasteiger partial charge in [0.25, 0.3) is 5.88 Å². The van der Waals surface area contributed by atoms with Crippen LogP contribution >= 0.6 is 0 Å². The number of imidazole rings is 1. The largest absolute Gasteiger partial charge is 0.472 e. The molecule has 612 valence electrons. The second kappa shape index (κ2) is 71.0. The van der Waals surface area contributed by atoms with Crippen LogP contribution in [0.2, 0.25) is 0 Å². The molecule has 1 saturated heterocycles. The molecule has 0 radical (unpaired) electrons. The normalized spacial score (nSPS) is 13.0. The Labute approximate surface area is 628 Å². The molecule has 34 heteroatoms. The Hall–Kier alpha value is -4.32. The van der Waals surface area contributed by atoms with E-state index in [1.54, 1.807) is 0 Å². The quantitative estimate of drug-likeness (QED) is 0.0354. The van der Waals surface area contributed by atoms with Crippen LogP contribution in [0.3, 0.4) is 0 Å². The Bertz CT molecular complexity index is 2460. The number of nitrogens with zero attached hydrogens (tertiary/aromatic N) is 9. The number of aryl methyl sites for hydroxylation is 1. The zero-order chi connectivity index (χ0) is 75.0. The summed E-state index contributed by atoms with van der Waals surface area (Å²) in [4.78, 5) is 12.6. The summed E-state index contributed by atoms with van der Waals surface area (Å²) in [6.45, 7) is 35.5. The van der Waals surface area contributed by atoms with Gasteiger partial charge in [-0.3, -0.25) is 9.80 Å². The zero-order valence-corrected chi connectivity index (χ0v) is 64.1. The molecule has 1 aromatic carbocycles. The van der Waals surface area contributed by atoms with Crippen LogP contribution in [0.5, 0.6) is 5.88 Å². The molecule has 0 aliphatic carbocycles. The van der Waals surface area contributed by atoms with Crippen molar-refractivity contribution < 1.29 is 114 Å². The molecule has 34 nitrogen and oxygen atoms in total. The number of anilines is 1. The highest BCUT2D eigenvalue weighted by Gasteiger charge is 2.22. The van der Waals surface area contributed by atoms with Gasteiger partial charge < -0.3 is 124 Å². The lowest BCUT2D eigenvalue weighted by molar-refractivity contribution is -0.0319. The molecule has 0 saturated carbocycles. The molecule has 0 spiro atoms. The Morgan fingerprint density at radius 2 is 0.660 bits per heavy atom. The minimum Gasteiger partial charge on any atom is -0.472 e. The van der Waals surface area contributed by atoms with Crippen LogP contribution in [0.15, 0.2) is 29.4 Å². The fourth-order valence-electron chi connectivity index (χ4n) is 9.73. The number of azide groups is 1. The van der Waals surface area contributed by atoms with Gasteiger partial charge in [0.2, 0.25) is 0 Å². The van der Waals surface area contributed by atoms with E-state index in [4.69, 9.17) is 130 Å². The van der Waals surface area contributed by atoms with Crippen molar-refractivity contribution in [1.29, 1.82) is 0 Å². The summed E-state index contributed by atoms with van der Waals surface area (Å²) in [6.07, 6.45) is 2.90. The molecule has 1 aliphatic heterocycles. The predicted molar refractivity (Wildman–Crippen MR) is 394 cm³/mol. The predicted octanol–water partition coefficient (Wildman–Crippen LogP) is 4.40. The van der Waals surface area contributed by atoms with E-state index in [-0.39, 0.29) is 6.10 Å². The maximum atomic E-state index is 8.18. The van der Waals surface area contributed by atoms with Crippen LogP contribution in [-0.2, 0) is 128 Å². The van der Waals surface area contributed by atoms with Crippen molar-refractivity contribution in [3.63, 3.8) is 0 Å². The molecular formula is C72H130N10O24. The number of unbranched alkanes of at least 4 members (excludes halogenated alkanes) is 1. The number of hydrogen-bond acceptors (Lipinski definition) is 31. The average molecular weight is 1520 g/mol. The second-order valence-electron chi connectivity index (χ2n) is 23.9. The van der Waals surface area contributed by atoms with Crippen LogP contribution in [-0.4, -0.2) is 379 Å². The molecule has 2 N–H and O–H groups in total. The number of piperazine rings is 1. The molecule has 0 unspecified atom stereocenters. The van der Waals surface area contributed by atoms with Crippen molar-refractivity contribution in [2.45, 2.75) is 59.2 Å². The van der Waals surface area contributed by atoms with E-state index in [0.29, 0.717) is 334 Å². The van der Waals surface area contributed by atoms with E-state index in [1.807, 2.05) is 13.8 Å². The molecule has 0 bridgehead atoms. The summed E-state index contributed by atoms with van der Waals surface area (Å²) in [5, 5.41) is 11.8. The van der Waals surface area contributed by atoms with Crippen LogP contribution in [0, 0.1) is 0 Å². The van der Waals surface area contributed by atoms with Gasteiger partial charge in [-0.25, -0.2) is 4.98 Å². The smallest absolute Gasteiger partial charge is 0.260 e. The molecule has 1 aliphatic rings. The first-order valence-electron chi connectivity index (χ1n) is 38.0. The van der Waals surface area contributed by atoms with E-state index in [1.165, 1.54) is 11.1 Å². The van der Waals surface area contributed by atoms with Gasteiger partial charge in [0.05, 0.1) is 310 Å². The van der Waals surface area contributed by atoms with E-state index in [9.17, 15) is 0 Å². The van der Waals surface area contributed by atoms with Crippen molar-refractivity contribution in [3.05, 3.63) is 51.7 Å². The average Bonchev–Trinajstić information content (AvgIpc) is 1.61. The number of fused-ring (bicyclic) bond motifs is 1. The van der Waals surface area contributed by atoms with Crippen molar-refractivity contribution in [1.82, 2.24) is 29.5 Å². The van der Waals surface area contributed by atoms with Gasteiger partial charge in [-0.2, -0.15) is 0 Å². The Kier molecular flexibility index (Phi) is 63.0. The van der Waals surface area contributed by atoms with E-state index in [2.05, 4.69) is 65.8 Å². The van der Waals surface area contributed by atoms with Gasteiger partial charge in [0.15, 0.2) is 5.82 Å². The first kappa shape index (κ1) is 94.1. The molecule has 0 amide bonds. The zero-order valence-electron chi connectivity index (χ0n) is 64.1. The van der Waals surface area contributed by atoms with Crippen LogP contribution in [0.1, 0.15) is 50.6 Å². The highest BCUT2D eigenvalue weighted by molar-refractivity contribution is 5.88. The number of nitrogens with two attached hydrogens (primary N) is 1. The van der Waals surface area contributed by atoms with Crippen molar-refractivity contribution in [2.24, 2.45) is 5.11 Å². The van der Waals surface area contributed by atoms with Crippen molar-refractivity contribution >= 4 is 16.9 Å². The fourth-order valence-corrected chi connectivity index (χ4v) is 9.73. The Morgan fingerprint density at radius 3 is 0.943 bits per heavy atom. The lowest BCUT2D eigenvalue weighted by Gasteiger charge is -2.34. The van der Waals surface area contributed by atoms with Crippen molar-refractivity contribution in [3.8, 4) is 5.88 Å². The SMILES string of the molecule is CCCCc1nc2c(N)nnc(OC(C)C)c2n1Cc1ccc(CN2CCN(CCOCCOCCOCCOCCOCCOCCOCCOCCOCCOCCOCCOCCOCCOCCOCCOCCOCCOCCOCCOCCOCCOCCOCCN=[N+]=[N-])CC2)cc1. The van der Waals surface area contributed by atoms with Crippen LogP contribution < -0.4 is 10.5 Å². The summed E-state index contributed by atoms with van der Waals surface area (Å²) < 4.78 is 136. The summed E-state index contributed by atoms with van der Waals surface area (Å²) in [5.41, 5.74) is 18.4. The number of rotatable bonds is 81. The summed E-state index contributed by atoms with van der Waals surface area (Å²) in [7, 11) is 0. The Morgan fingerprint density at radius 1 is 0.387 bits per heavy atom. The van der Waals surface area contributed by atoms with E-state index < -0.39 is 0 Å². The number of nitrogen functional groups attached to an aromatic ring is 1. The number of hydrogen-bond donors (Lipinski definition) is 1. The molecule has 3 aromatic rings.